The number of para-hydroxylation sites is 2. The number of hydrogen-bond acceptors (Lipinski definition) is 4. The van der Waals surface area contributed by atoms with E-state index in [1.807, 2.05) is 42.2 Å². The van der Waals surface area contributed by atoms with E-state index in [-0.39, 0.29) is 0 Å². The van der Waals surface area contributed by atoms with Crippen molar-refractivity contribution in [2.24, 2.45) is 0 Å². The molecule has 2 aromatic carbocycles. The molecule has 2 heterocycles. The predicted octanol–water partition coefficient (Wildman–Crippen LogP) is 5.85. The zero-order chi connectivity index (χ0) is 17.8. The van der Waals surface area contributed by atoms with Gasteiger partial charge in [0.1, 0.15) is 0 Å². The highest BCUT2D eigenvalue weighted by molar-refractivity contribution is 7.98. The number of aromatic amines is 1. The maximum absolute atomic E-state index is 4.61. The van der Waals surface area contributed by atoms with Crippen molar-refractivity contribution in [3.05, 3.63) is 83.7 Å². The van der Waals surface area contributed by atoms with Crippen LogP contribution in [0.1, 0.15) is 16.8 Å². The monoisotopic (exact) mass is 377 g/mol. The van der Waals surface area contributed by atoms with Gasteiger partial charge in [-0.25, -0.2) is 4.98 Å². The Kier molecular flexibility index (Phi) is 5.27. The quantitative estimate of drug-likeness (QED) is 0.428. The first-order valence-corrected chi connectivity index (χ1v) is 10.4. The van der Waals surface area contributed by atoms with Gasteiger partial charge in [-0.2, -0.15) is 0 Å². The molecule has 5 heteroatoms. The Bertz CT molecular complexity index is 976. The topological polar surface area (TPSA) is 41.6 Å². The second-order valence-corrected chi connectivity index (χ2v) is 8.12. The third-order valence-electron chi connectivity index (χ3n) is 4.04. The number of pyridine rings is 1. The highest BCUT2D eigenvalue weighted by Crippen LogP contribution is 2.26. The van der Waals surface area contributed by atoms with Crippen molar-refractivity contribution in [2.75, 3.05) is 0 Å². The Morgan fingerprint density at radius 2 is 1.77 bits per heavy atom. The van der Waals surface area contributed by atoms with Gasteiger partial charge in [0.15, 0.2) is 5.16 Å². The number of rotatable bonds is 6. The molecule has 0 atom stereocenters. The average Bonchev–Trinajstić information content (AvgIpc) is 3.09. The molecule has 0 unspecified atom stereocenters. The van der Waals surface area contributed by atoms with Crippen molar-refractivity contribution in [2.45, 2.75) is 28.5 Å². The van der Waals surface area contributed by atoms with E-state index in [0.717, 1.165) is 33.4 Å². The molecule has 130 valence electrons. The first-order chi connectivity index (χ1) is 12.8. The van der Waals surface area contributed by atoms with Gasteiger partial charge in [0.05, 0.1) is 16.7 Å². The zero-order valence-electron chi connectivity index (χ0n) is 14.5. The van der Waals surface area contributed by atoms with E-state index in [1.165, 1.54) is 16.0 Å². The highest BCUT2D eigenvalue weighted by atomic mass is 32.2. The molecule has 0 aliphatic carbocycles. The molecular weight excluding hydrogens is 358 g/mol. The molecule has 26 heavy (non-hydrogen) atoms. The fourth-order valence-corrected chi connectivity index (χ4v) is 4.31. The van der Waals surface area contributed by atoms with Gasteiger partial charge in [0, 0.05) is 22.6 Å². The summed E-state index contributed by atoms with van der Waals surface area (Å²) in [6.07, 6.45) is 1.89. The lowest BCUT2D eigenvalue weighted by Gasteiger charge is -2.05. The predicted molar refractivity (Wildman–Crippen MR) is 111 cm³/mol. The maximum Gasteiger partial charge on any atom is 0.166 e. The fraction of sp³-hybridized carbons (Fsp3) is 0.143. The molecule has 4 rings (SSSR count). The van der Waals surface area contributed by atoms with Gasteiger partial charge >= 0.3 is 0 Å². The Hall–Kier alpha value is -2.24. The molecule has 0 aliphatic rings. The number of aromatic nitrogens is 3. The molecule has 2 aromatic heterocycles. The Balaban J connectivity index is 1.38. The summed E-state index contributed by atoms with van der Waals surface area (Å²) in [6.45, 7) is 2.12. The van der Waals surface area contributed by atoms with E-state index >= 15 is 0 Å². The molecule has 0 aliphatic heterocycles. The number of thioether (sulfide) groups is 2. The van der Waals surface area contributed by atoms with Gasteiger partial charge in [-0.05, 0) is 36.8 Å². The van der Waals surface area contributed by atoms with Crippen LogP contribution in [0, 0.1) is 6.92 Å². The van der Waals surface area contributed by atoms with Gasteiger partial charge in [0.25, 0.3) is 0 Å². The number of imidazole rings is 1. The van der Waals surface area contributed by atoms with Crippen LogP contribution < -0.4 is 0 Å². The Morgan fingerprint density at radius 1 is 0.923 bits per heavy atom. The minimum atomic E-state index is 0.804. The van der Waals surface area contributed by atoms with E-state index in [0.29, 0.717) is 0 Å². The summed E-state index contributed by atoms with van der Waals surface area (Å²) in [5.41, 5.74) is 5.79. The fourth-order valence-electron chi connectivity index (χ4n) is 2.62. The molecule has 4 aromatic rings. The first-order valence-electron chi connectivity index (χ1n) is 8.47. The summed E-state index contributed by atoms with van der Waals surface area (Å²) >= 11 is 3.53. The number of nitrogens with zero attached hydrogens (tertiary/aromatic N) is 2. The van der Waals surface area contributed by atoms with Crippen LogP contribution in [0.25, 0.3) is 11.0 Å². The van der Waals surface area contributed by atoms with Crippen LogP contribution in [0.3, 0.4) is 0 Å². The molecule has 1 N–H and O–H groups in total. The molecule has 0 bridgehead atoms. The third-order valence-corrected chi connectivity index (χ3v) is 6.01. The van der Waals surface area contributed by atoms with Gasteiger partial charge < -0.3 is 4.98 Å². The van der Waals surface area contributed by atoms with Crippen LogP contribution in [-0.4, -0.2) is 15.0 Å². The van der Waals surface area contributed by atoms with Crippen molar-refractivity contribution >= 4 is 34.6 Å². The SMILES string of the molecule is Cc1ccc(CSc2ccnc(CSc3nc4ccccc4[nH]3)c2)cc1. The first kappa shape index (κ1) is 17.2. The molecule has 0 saturated heterocycles. The summed E-state index contributed by atoms with van der Waals surface area (Å²) < 4.78 is 0. The lowest BCUT2D eigenvalue weighted by molar-refractivity contribution is 1.07. The van der Waals surface area contributed by atoms with Crippen LogP contribution in [0.2, 0.25) is 0 Å². The third kappa shape index (κ3) is 4.29. The second kappa shape index (κ2) is 7.98. The van der Waals surface area contributed by atoms with Gasteiger partial charge in [0.2, 0.25) is 0 Å². The van der Waals surface area contributed by atoms with Gasteiger partial charge in [-0.1, -0.05) is 53.7 Å². The lowest BCUT2D eigenvalue weighted by atomic mass is 10.2. The lowest BCUT2D eigenvalue weighted by Crippen LogP contribution is -1.88. The van der Waals surface area contributed by atoms with Crippen LogP contribution in [-0.2, 0) is 11.5 Å². The number of aryl methyl sites for hydroxylation is 1. The minimum Gasteiger partial charge on any atom is -0.333 e. The van der Waals surface area contributed by atoms with Crippen molar-refractivity contribution in [3.8, 4) is 0 Å². The summed E-state index contributed by atoms with van der Waals surface area (Å²) in [4.78, 5) is 13.7. The molecular formula is C21H19N3S2. The summed E-state index contributed by atoms with van der Waals surface area (Å²) in [6, 6.07) is 21.1. The minimum absolute atomic E-state index is 0.804. The van der Waals surface area contributed by atoms with Crippen molar-refractivity contribution in [3.63, 3.8) is 0 Å². The Labute approximate surface area is 161 Å². The molecule has 3 nitrogen and oxygen atoms in total. The van der Waals surface area contributed by atoms with Crippen LogP contribution in [0.15, 0.2) is 76.9 Å². The summed E-state index contributed by atoms with van der Waals surface area (Å²) in [5, 5.41) is 0.936. The van der Waals surface area contributed by atoms with Crippen molar-refractivity contribution in [1.29, 1.82) is 0 Å². The smallest absolute Gasteiger partial charge is 0.166 e. The molecule has 0 fully saturated rings. The Morgan fingerprint density at radius 3 is 2.62 bits per heavy atom. The average molecular weight is 378 g/mol. The zero-order valence-corrected chi connectivity index (χ0v) is 16.1. The van der Waals surface area contributed by atoms with Crippen molar-refractivity contribution in [1.82, 2.24) is 15.0 Å². The number of nitrogens with one attached hydrogen (secondary N) is 1. The van der Waals surface area contributed by atoms with Gasteiger partial charge in [-0.3, -0.25) is 4.98 Å². The summed E-state index contributed by atoms with van der Waals surface area (Å²) in [7, 11) is 0. The van der Waals surface area contributed by atoms with E-state index in [9.17, 15) is 0 Å². The number of hydrogen-bond donors (Lipinski definition) is 1. The molecule has 0 saturated carbocycles. The van der Waals surface area contributed by atoms with Crippen LogP contribution >= 0.6 is 23.5 Å². The van der Waals surface area contributed by atoms with E-state index in [2.05, 4.69) is 58.3 Å². The normalized spacial score (nSPS) is 11.1. The van der Waals surface area contributed by atoms with E-state index in [1.54, 1.807) is 11.8 Å². The highest BCUT2D eigenvalue weighted by Gasteiger charge is 2.05. The van der Waals surface area contributed by atoms with Crippen LogP contribution in [0.5, 0.6) is 0 Å². The van der Waals surface area contributed by atoms with Crippen molar-refractivity contribution < 1.29 is 0 Å². The van der Waals surface area contributed by atoms with Gasteiger partial charge in [-0.15, -0.1) is 11.8 Å². The molecule has 0 radical (unpaired) electrons. The molecule has 0 amide bonds. The van der Waals surface area contributed by atoms with Crippen LogP contribution in [0.4, 0.5) is 0 Å². The molecule has 0 spiro atoms. The standard InChI is InChI=1S/C21H19N3S2/c1-15-6-8-16(9-7-15)13-25-18-10-11-22-17(12-18)14-26-21-23-19-4-2-3-5-20(19)24-21/h2-12H,13-14H2,1H3,(H,23,24). The number of H-pyrrole nitrogens is 1. The van der Waals surface area contributed by atoms with E-state index in [4.69, 9.17) is 0 Å². The summed E-state index contributed by atoms with van der Waals surface area (Å²) in [5.74, 6) is 1.78. The second-order valence-electron chi connectivity index (χ2n) is 6.10. The van der Waals surface area contributed by atoms with E-state index < -0.39 is 0 Å². The largest absolute Gasteiger partial charge is 0.333 e. The number of fused-ring (bicyclic) bond motifs is 1. The maximum atomic E-state index is 4.61. The number of benzene rings is 2.